The van der Waals surface area contributed by atoms with E-state index in [9.17, 15) is 4.79 Å². The second-order valence-corrected chi connectivity index (χ2v) is 2.38. The van der Waals surface area contributed by atoms with Gasteiger partial charge in [-0.2, -0.15) is 0 Å². The molecule has 66 valence electrons. The van der Waals surface area contributed by atoms with Crippen LogP contribution in [-0.2, 0) is 4.79 Å². The highest BCUT2D eigenvalue weighted by molar-refractivity contribution is 5.72. The van der Waals surface area contributed by atoms with Gasteiger partial charge in [-0.1, -0.05) is 0 Å². The highest BCUT2D eigenvalue weighted by atomic mass is 16.4. The molecule has 0 aromatic carbocycles. The van der Waals surface area contributed by atoms with Gasteiger partial charge < -0.3 is 21.7 Å². The van der Waals surface area contributed by atoms with Crippen molar-refractivity contribution in [2.75, 3.05) is 6.54 Å². The molecule has 0 aliphatic carbocycles. The summed E-state index contributed by atoms with van der Waals surface area (Å²) in [6, 6.07) is -0.894. The van der Waals surface area contributed by atoms with Crippen molar-refractivity contribution in [2.45, 2.75) is 25.0 Å². The highest BCUT2D eigenvalue weighted by Crippen LogP contribution is 1.98. The second-order valence-electron chi connectivity index (χ2n) is 2.38. The number of aliphatic hydroxyl groups excluding tert-OH is 1. The van der Waals surface area contributed by atoms with E-state index in [2.05, 4.69) is 5.11 Å². The molecule has 0 spiro atoms. The zero-order valence-corrected chi connectivity index (χ0v) is 6.19. The Balaban J connectivity index is 3.58. The Morgan fingerprint density at radius 2 is 2.27 bits per heavy atom. The maximum Gasteiger partial charge on any atom is 0.320 e. The Kier molecular flexibility index (Phi) is 3.89. The summed E-state index contributed by atoms with van der Waals surface area (Å²) in [7, 11) is 0. The SMILES string of the molecule is [2H]OC(CN)CC[C@H](N)C(=O)O. The van der Waals surface area contributed by atoms with Crippen molar-refractivity contribution in [3.05, 3.63) is 0 Å². The molecule has 0 saturated heterocycles. The summed E-state index contributed by atoms with van der Waals surface area (Å²) in [5, 5.41) is 12.6. The van der Waals surface area contributed by atoms with Gasteiger partial charge >= 0.3 is 5.97 Å². The third-order valence-corrected chi connectivity index (χ3v) is 1.38. The average molecular weight is 163 g/mol. The van der Waals surface area contributed by atoms with Crippen LogP contribution in [0.15, 0.2) is 0 Å². The first-order valence-corrected chi connectivity index (χ1v) is 3.42. The monoisotopic (exact) mass is 163 g/mol. The lowest BCUT2D eigenvalue weighted by Gasteiger charge is -2.09. The molecule has 1 unspecified atom stereocenters. The number of hydrogen-bond donors (Lipinski definition) is 4. The molecule has 0 rings (SSSR count). The number of nitrogens with two attached hydrogens (primary N) is 2. The normalized spacial score (nSPS) is 17.1. The standard InChI is InChI=1S/C6H14N2O3/c7-3-4(9)1-2-5(8)6(10)11/h4-5,9H,1-3,7-8H2,(H,10,11)/t4?,5-/m0/s1/i9D. The smallest absolute Gasteiger partial charge is 0.320 e. The third-order valence-electron chi connectivity index (χ3n) is 1.38. The number of carboxylic acids is 1. The molecule has 0 aliphatic heterocycles. The Labute approximate surface area is 66.5 Å². The first-order chi connectivity index (χ1) is 5.61. The number of aliphatic hydroxyl groups is 1. The molecule has 0 aliphatic rings. The first-order valence-electron chi connectivity index (χ1n) is 3.83. The molecule has 0 radical (unpaired) electrons. The quantitative estimate of drug-likeness (QED) is 0.381. The van der Waals surface area contributed by atoms with E-state index in [1.165, 1.54) is 0 Å². The van der Waals surface area contributed by atoms with Crippen LogP contribution in [0.3, 0.4) is 0 Å². The second kappa shape index (κ2) is 5.06. The summed E-state index contributed by atoms with van der Waals surface area (Å²) in [4.78, 5) is 10.2. The van der Waals surface area contributed by atoms with Gasteiger partial charge in [0.1, 0.15) is 6.04 Å². The summed E-state index contributed by atoms with van der Waals surface area (Å²) in [6.07, 6.45) is 0.249. The Hall–Kier alpha value is -0.650. The highest BCUT2D eigenvalue weighted by Gasteiger charge is 2.12. The van der Waals surface area contributed by atoms with Gasteiger partial charge in [0, 0.05) is 6.54 Å². The maximum atomic E-state index is 10.2. The fourth-order valence-corrected chi connectivity index (χ4v) is 0.607. The number of hydrogen-bond acceptors (Lipinski definition) is 4. The summed E-state index contributed by atoms with van der Waals surface area (Å²) < 4.78 is 6.54. The minimum atomic E-state index is -1.05. The van der Waals surface area contributed by atoms with Crippen LogP contribution in [0, 0.1) is 0 Å². The van der Waals surface area contributed by atoms with Crippen LogP contribution < -0.4 is 11.5 Å². The van der Waals surface area contributed by atoms with E-state index >= 15 is 0 Å². The van der Waals surface area contributed by atoms with Gasteiger partial charge in [-0.15, -0.1) is 0 Å². The largest absolute Gasteiger partial charge is 0.480 e. The molecular formula is C6H14N2O3. The van der Waals surface area contributed by atoms with Gasteiger partial charge in [0.2, 0.25) is 1.43 Å². The fraction of sp³-hybridized carbons (Fsp3) is 0.833. The van der Waals surface area contributed by atoms with E-state index in [1.807, 2.05) is 0 Å². The van der Waals surface area contributed by atoms with Gasteiger partial charge in [-0.25, -0.2) is 0 Å². The topological polar surface area (TPSA) is 110 Å². The molecule has 0 aromatic heterocycles. The molecule has 5 heteroatoms. The van der Waals surface area contributed by atoms with Gasteiger partial charge in [-0.3, -0.25) is 4.79 Å². The van der Waals surface area contributed by atoms with Gasteiger partial charge in [0.25, 0.3) is 0 Å². The minimum absolute atomic E-state index is 0.204. The lowest BCUT2D eigenvalue weighted by atomic mass is 10.1. The molecule has 0 bridgehead atoms. The van der Waals surface area contributed by atoms with Crippen LogP contribution in [-0.4, -0.2) is 36.3 Å². The van der Waals surface area contributed by atoms with Crippen molar-refractivity contribution in [3.8, 4) is 0 Å². The van der Waals surface area contributed by atoms with Crippen LogP contribution in [0.1, 0.15) is 12.8 Å². The minimum Gasteiger partial charge on any atom is -0.480 e. The predicted molar refractivity (Wildman–Crippen MR) is 39.9 cm³/mol. The molecular weight excluding hydrogens is 148 g/mol. The summed E-state index contributed by atoms with van der Waals surface area (Å²) in [5.74, 6) is -1.05. The van der Waals surface area contributed by atoms with Crippen molar-refractivity contribution in [2.24, 2.45) is 11.5 Å². The van der Waals surface area contributed by atoms with Crippen molar-refractivity contribution >= 4 is 5.97 Å². The molecule has 0 saturated carbocycles. The molecule has 0 aromatic rings. The first kappa shape index (κ1) is 8.45. The maximum absolute atomic E-state index is 10.2. The van der Waals surface area contributed by atoms with Crippen LogP contribution >= 0.6 is 0 Å². The third kappa shape index (κ3) is 4.72. The average Bonchev–Trinajstić information content (AvgIpc) is 2.05. The number of carboxylic acid groups (broad SMARTS) is 1. The van der Waals surface area contributed by atoms with Crippen LogP contribution in [0.2, 0.25) is 0 Å². The van der Waals surface area contributed by atoms with E-state index in [1.54, 1.807) is 0 Å². The van der Waals surface area contributed by atoms with Gasteiger partial charge in [-0.05, 0) is 12.8 Å². The van der Waals surface area contributed by atoms with Crippen molar-refractivity contribution < 1.29 is 15.0 Å². The molecule has 0 amide bonds. The lowest BCUT2D eigenvalue weighted by molar-refractivity contribution is -0.138. The van der Waals surface area contributed by atoms with E-state index in [0.717, 1.165) is 0 Å². The predicted octanol–water partition coefficient (Wildman–Crippen LogP) is -1.50. The van der Waals surface area contributed by atoms with Crippen LogP contribution in [0.25, 0.3) is 0 Å². The Morgan fingerprint density at radius 1 is 1.64 bits per heavy atom. The van der Waals surface area contributed by atoms with Crippen molar-refractivity contribution in [3.63, 3.8) is 0 Å². The number of aliphatic carboxylic acids is 1. The van der Waals surface area contributed by atoms with E-state index in [0.29, 0.717) is 6.42 Å². The van der Waals surface area contributed by atoms with Gasteiger partial charge in [0.15, 0.2) is 0 Å². The van der Waals surface area contributed by atoms with Crippen LogP contribution in [0.4, 0.5) is 0 Å². The van der Waals surface area contributed by atoms with E-state index < -0.39 is 18.1 Å². The number of carbonyl (C=O) groups is 1. The zero-order chi connectivity index (χ0) is 9.56. The number of rotatable bonds is 6. The zero-order valence-electron chi connectivity index (χ0n) is 7.19. The van der Waals surface area contributed by atoms with Crippen molar-refractivity contribution in [1.82, 2.24) is 0 Å². The van der Waals surface area contributed by atoms with Crippen LogP contribution in [0.5, 0.6) is 0 Å². The molecule has 5 nitrogen and oxygen atoms in total. The summed E-state index contributed by atoms with van der Waals surface area (Å²) in [5.41, 5.74) is 10.4. The molecule has 6 N–H and O–H groups in total. The molecule has 0 fully saturated rings. The van der Waals surface area contributed by atoms with Crippen molar-refractivity contribution in [1.29, 1.82) is 1.43 Å². The summed E-state index contributed by atoms with van der Waals surface area (Å²) >= 11 is 0. The summed E-state index contributed by atoms with van der Waals surface area (Å²) in [6.45, 7) is 0.204. The van der Waals surface area contributed by atoms with E-state index in [4.69, 9.17) is 18.0 Å². The fourth-order valence-electron chi connectivity index (χ4n) is 0.607. The lowest BCUT2D eigenvalue weighted by Crippen LogP contribution is -2.32. The van der Waals surface area contributed by atoms with E-state index in [-0.39, 0.29) is 13.0 Å². The Bertz CT molecular complexity index is 141. The van der Waals surface area contributed by atoms with Gasteiger partial charge in [0.05, 0.1) is 6.10 Å². The molecule has 0 heterocycles. The molecule has 11 heavy (non-hydrogen) atoms. The molecule has 2 atom stereocenters. The Morgan fingerprint density at radius 3 is 2.64 bits per heavy atom.